The van der Waals surface area contributed by atoms with Gasteiger partial charge in [-0.25, -0.2) is 9.78 Å². The third-order valence-electron chi connectivity index (χ3n) is 5.69. The molecule has 8 heteroatoms. The van der Waals surface area contributed by atoms with Gasteiger partial charge in [-0.05, 0) is 68.7 Å². The fourth-order valence-electron chi connectivity index (χ4n) is 3.83. The molecule has 0 bridgehead atoms. The van der Waals surface area contributed by atoms with Crippen LogP contribution in [0.3, 0.4) is 0 Å². The van der Waals surface area contributed by atoms with Gasteiger partial charge in [0, 0.05) is 18.3 Å². The Bertz CT molecular complexity index is 1560. The van der Waals surface area contributed by atoms with E-state index >= 15 is 0 Å². The maximum Gasteiger partial charge on any atom is 0.341 e. The molecule has 0 spiro atoms. The van der Waals surface area contributed by atoms with Crippen LogP contribution in [0, 0.1) is 13.8 Å². The number of carbonyl (C=O) groups is 2. The van der Waals surface area contributed by atoms with Crippen molar-refractivity contribution in [3.8, 4) is 0 Å². The fraction of sp³-hybridized carbons (Fsp3) is 0.269. The predicted octanol–water partition coefficient (Wildman–Crippen LogP) is 3.59. The van der Waals surface area contributed by atoms with E-state index in [2.05, 4.69) is 9.98 Å². The summed E-state index contributed by atoms with van der Waals surface area (Å²) >= 11 is 0. The van der Waals surface area contributed by atoms with Gasteiger partial charge in [-0.2, -0.15) is 4.99 Å². The lowest BCUT2D eigenvalue weighted by atomic mass is 10.1. The molecule has 4 aromatic rings. The second-order valence-electron chi connectivity index (χ2n) is 8.05. The first-order chi connectivity index (χ1) is 16.3. The van der Waals surface area contributed by atoms with Gasteiger partial charge in [0.25, 0.3) is 11.5 Å². The Morgan fingerprint density at radius 1 is 1.06 bits per heavy atom. The third-order valence-corrected chi connectivity index (χ3v) is 5.69. The Labute approximate surface area is 196 Å². The highest BCUT2D eigenvalue weighted by atomic mass is 16.5. The molecule has 0 N–H and O–H groups in total. The molecule has 1 amide bonds. The second kappa shape index (κ2) is 9.43. The largest absolute Gasteiger partial charge is 0.462 e. The summed E-state index contributed by atoms with van der Waals surface area (Å²) in [6.07, 6.45) is 2.29. The number of rotatable bonds is 5. The van der Waals surface area contributed by atoms with E-state index in [0.29, 0.717) is 29.8 Å². The molecule has 0 radical (unpaired) electrons. The van der Waals surface area contributed by atoms with E-state index in [1.807, 2.05) is 26.8 Å². The number of benzene rings is 1. The van der Waals surface area contributed by atoms with Gasteiger partial charge in [0.05, 0.1) is 12.0 Å². The third kappa shape index (κ3) is 4.14. The zero-order chi connectivity index (χ0) is 24.4. The molecule has 174 valence electrons. The van der Waals surface area contributed by atoms with Crippen LogP contribution in [0.2, 0.25) is 0 Å². The topological polar surface area (TPSA) is 95.0 Å². The van der Waals surface area contributed by atoms with Gasteiger partial charge in [0.15, 0.2) is 5.49 Å². The molecule has 8 nitrogen and oxygen atoms in total. The summed E-state index contributed by atoms with van der Waals surface area (Å²) in [4.78, 5) is 48.4. The highest BCUT2D eigenvalue weighted by Gasteiger charge is 2.20. The molecule has 0 unspecified atom stereocenters. The van der Waals surface area contributed by atoms with Crippen LogP contribution < -0.4 is 11.0 Å². The number of esters is 1. The maximum atomic E-state index is 13.3. The number of hydrogen-bond donors (Lipinski definition) is 0. The number of aryl methyl sites for hydroxylation is 3. The molecule has 34 heavy (non-hydrogen) atoms. The average Bonchev–Trinajstić information content (AvgIpc) is 2.82. The number of pyridine rings is 2. The van der Waals surface area contributed by atoms with Gasteiger partial charge in [-0.3, -0.25) is 14.0 Å². The van der Waals surface area contributed by atoms with Crippen LogP contribution in [-0.4, -0.2) is 32.4 Å². The Hall–Kier alpha value is -4.07. The Balaban J connectivity index is 2.10. The van der Waals surface area contributed by atoms with Crippen LogP contribution in [-0.2, 0) is 11.3 Å². The van der Waals surface area contributed by atoms with Crippen LogP contribution in [0.25, 0.3) is 16.7 Å². The molecule has 0 fully saturated rings. The Morgan fingerprint density at radius 2 is 1.85 bits per heavy atom. The number of carbonyl (C=O) groups excluding carboxylic acids is 2. The Kier molecular flexibility index (Phi) is 6.40. The minimum Gasteiger partial charge on any atom is -0.462 e. The van der Waals surface area contributed by atoms with E-state index < -0.39 is 11.9 Å². The smallest absolute Gasteiger partial charge is 0.341 e. The quantitative estimate of drug-likeness (QED) is 0.336. The van der Waals surface area contributed by atoms with Crippen LogP contribution >= 0.6 is 0 Å². The lowest BCUT2D eigenvalue weighted by molar-refractivity contribution is 0.0523. The van der Waals surface area contributed by atoms with E-state index in [1.54, 1.807) is 48.0 Å². The predicted molar refractivity (Wildman–Crippen MR) is 129 cm³/mol. The lowest BCUT2D eigenvalue weighted by Gasteiger charge is -2.14. The SMILES string of the molecule is CCCn1c(=NC(=O)c2ccc(C)c(C)c2)c(C(=O)OCC)cc2c(=O)n3ccccc3nc21. The second-order valence-corrected chi connectivity index (χ2v) is 8.05. The normalized spacial score (nSPS) is 11.8. The van der Waals surface area contributed by atoms with Crippen molar-refractivity contribution < 1.29 is 14.3 Å². The summed E-state index contributed by atoms with van der Waals surface area (Å²) in [7, 11) is 0. The average molecular weight is 459 g/mol. The molecule has 0 saturated heterocycles. The monoisotopic (exact) mass is 458 g/mol. The van der Waals surface area contributed by atoms with Crippen molar-refractivity contribution in [3.05, 3.63) is 86.8 Å². The number of aromatic nitrogens is 3. The minimum atomic E-state index is -0.654. The van der Waals surface area contributed by atoms with Crippen molar-refractivity contribution >= 4 is 28.6 Å². The van der Waals surface area contributed by atoms with Gasteiger partial charge < -0.3 is 9.30 Å². The zero-order valence-corrected chi connectivity index (χ0v) is 19.7. The molecular weight excluding hydrogens is 432 g/mol. The summed E-state index contributed by atoms with van der Waals surface area (Å²) < 4.78 is 8.33. The van der Waals surface area contributed by atoms with E-state index in [0.717, 1.165) is 11.1 Å². The molecule has 4 rings (SSSR count). The molecule has 0 aliphatic rings. The summed E-state index contributed by atoms with van der Waals surface area (Å²) in [6, 6.07) is 12.0. The molecule has 3 aromatic heterocycles. The fourth-order valence-corrected chi connectivity index (χ4v) is 3.83. The van der Waals surface area contributed by atoms with Gasteiger partial charge in [-0.1, -0.05) is 19.1 Å². The van der Waals surface area contributed by atoms with Gasteiger partial charge >= 0.3 is 5.97 Å². The van der Waals surface area contributed by atoms with Crippen LogP contribution in [0.4, 0.5) is 0 Å². The standard InChI is InChI=1S/C26H26N4O4/c1-5-12-30-22-19(25(32)29-13-8-7-9-21(29)27-22)15-20(26(33)34-6-2)23(30)28-24(31)18-11-10-16(3)17(4)14-18/h7-11,13-15H,5-6,12H2,1-4H3. The van der Waals surface area contributed by atoms with Gasteiger partial charge in [0.2, 0.25) is 0 Å². The molecule has 0 saturated carbocycles. The van der Waals surface area contributed by atoms with Crippen molar-refractivity contribution in [2.45, 2.75) is 40.7 Å². The van der Waals surface area contributed by atoms with Crippen molar-refractivity contribution in [2.75, 3.05) is 6.61 Å². The maximum absolute atomic E-state index is 13.3. The summed E-state index contributed by atoms with van der Waals surface area (Å²) in [5.41, 5.74) is 3.12. The van der Waals surface area contributed by atoms with Crippen LogP contribution in [0.5, 0.6) is 0 Å². The first kappa shape index (κ1) is 23.1. The van der Waals surface area contributed by atoms with Crippen molar-refractivity contribution in [1.29, 1.82) is 0 Å². The highest BCUT2D eigenvalue weighted by molar-refractivity contribution is 5.97. The summed E-state index contributed by atoms with van der Waals surface area (Å²) in [5, 5.41) is 0.248. The van der Waals surface area contributed by atoms with E-state index in [9.17, 15) is 14.4 Å². The van der Waals surface area contributed by atoms with Crippen LogP contribution in [0.1, 0.15) is 52.1 Å². The van der Waals surface area contributed by atoms with Crippen molar-refractivity contribution in [2.24, 2.45) is 4.99 Å². The Morgan fingerprint density at radius 3 is 2.56 bits per heavy atom. The molecule has 0 aliphatic carbocycles. The summed E-state index contributed by atoms with van der Waals surface area (Å²) in [6.45, 7) is 8.08. The van der Waals surface area contributed by atoms with Crippen LogP contribution in [0.15, 0.2) is 58.4 Å². The number of ether oxygens (including phenoxy) is 1. The van der Waals surface area contributed by atoms with E-state index in [4.69, 9.17) is 4.74 Å². The summed E-state index contributed by atoms with van der Waals surface area (Å²) in [5.74, 6) is -1.14. The number of hydrogen-bond acceptors (Lipinski definition) is 5. The molecule has 1 aromatic carbocycles. The number of fused-ring (bicyclic) bond motifs is 2. The molecule has 0 aliphatic heterocycles. The first-order valence-electron chi connectivity index (χ1n) is 11.2. The lowest BCUT2D eigenvalue weighted by Crippen LogP contribution is -2.32. The number of amides is 1. The van der Waals surface area contributed by atoms with Gasteiger partial charge in [-0.15, -0.1) is 0 Å². The van der Waals surface area contributed by atoms with Crippen molar-refractivity contribution in [3.63, 3.8) is 0 Å². The zero-order valence-electron chi connectivity index (χ0n) is 19.7. The van der Waals surface area contributed by atoms with E-state index in [1.165, 1.54) is 10.5 Å². The first-order valence-corrected chi connectivity index (χ1v) is 11.2. The molecular formula is C26H26N4O4. The number of nitrogens with zero attached hydrogens (tertiary/aromatic N) is 4. The molecule has 0 atom stereocenters. The molecule has 3 heterocycles. The highest BCUT2D eigenvalue weighted by Crippen LogP contribution is 2.14. The van der Waals surface area contributed by atoms with E-state index in [-0.39, 0.29) is 28.6 Å². The minimum absolute atomic E-state index is 0.0507. The van der Waals surface area contributed by atoms with Crippen molar-refractivity contribution in [1.82, 2.24) is 14.0 Å². The van der Waals surface area contributed by atoms with Gasteiger partial charge in [0.1, 0.15) is 16.9 Å².